The summed E-state index contributed by atoms with van der Waals surface area (Å²) in [7, 11) is 0. The summed E-state index contributed by atoms with van der Waals surface area (Å²) in [6.45, 7) is 14.0. The molecule has 6 heteroatoms. The van der Waals surface area contributed by atoms with Crippen LogP contribution in [0.2, 0.25) is 0 Å². The third kappa shape index (κ3) is 5.66. The van der Waals surface area contributed by atoms with E-state index in [2.05, 4.69) is 25.8 Å². The van der Waals surface area contributed by atoms with Gasteiger partial charge in [-0.05, 0) is 61.1 Å². The first-order valence-corrected chi connectivity index (χ1v) is 10.5. The highest BCUT2D eigenvalue weighted by Crippen LogP contribution is 2.38. The summed E-state index contributed by atoms with van der Waals surface area (Å²) in [4.78, 5) is 35.5. The summed E-state index contributed by atoms with van der Waals surface area (Å²) in [6, 6.07) is 11.1. The molecule has 0 fully saturated rings. The molecule has 6 nitrogen and oxygen atoms in total. The van der Waals surface area contributed by atoms with Gasteiger partial charge in [0.1, 0.15) is 0 Å². The molecule has 3 rings (SSSR count). The fourth-order valence-corrected chi connectivity index (χ4v) is 3.53. The zero-order valence-corrected chi connectivity index (χ0v) is 18.8. The van der Waals surface area contributed by atoms with E-state index < -0.39 is 17.9 Å². The first-order valence-electron chi connectivity index (χ1n) is 10.5. The normalized spacial score (nSPS) is 14.1. The van der Waals surface area contributed by atoms with Gasteiger partial charge in [-0.2, -0.15) is 0 Å². The molecule has 0 saturated heterocycles. The topological polar surface area (TPSA) is 78.9 Å². The van der Waals surface area contributed by atoms with Gasteiger partial charge in [0.15, 0.2) is 11.5 Å². The fourth-order valence-electron chi connectivity index (χ4n) is 3.53. The van der Waals surface area contributed by atoms with Gasteiger partial charge in [0.2, 0.25) is 0 Å². The van der Waals surface area contributed by atoms with Crippen molar-refractivity contribution in [1.82, 2.24) is 0 Å². The number of carbonyl (C=O) groups excluding carboxylic acids is 3. The zero-order chi connectivity index (χ0) is 24.1. The Balaban J connectivity index is 1.89. The number of hydrogen-bond acceptors (Lipinski definition) is 6. The van der Waals surface area contributed by atoms with E-state index in [-0.39, 0.29) is 28.6 Å². The Hall–Kier alpha value is -3.93. The van der Waals surface area contributed by atoms with E-state index in [0.29, 0.717) is 6.61 Å². The van der Waals surface area contributed by atoms with Crippen LogP contribution in [0.25, 0.3) is 11.1 Å². The van der Waals surface area contributed by atoms with Crippen molar-refractivity contribution in [2.75, 3.05) is 6.61 Å². The highest BCUT2D eigenvalue weighted by atomic mass is 16.6. The molecular formula is C27H26O6. The maximum Gasteiger partial charge on any atom is 0.338 e. The van der Waals surface area contributed by atoms with Crippen LogP contribution in [0.15, 0.2) is 73.4 Å². The molecule has 1 unspecified atom stereocenters. The predicted octanol–water partition coefficient (Wildman–Crippen LogP) is 5.08. The third-order valence-corrected chi connectivity index (χ3v) is 5.32. The molecule has 1 aliphatic rings. The third-order valence-electron chi connectivity index (χ3n) is 5.32. The Bertz CT molecular complexity index is 1160. The standard InChI is InChI=1S/C27H26O6/c1-6-25(28)31-15-21-8-7-20-13-18(9-11-22(20)21)19-10-12-23(32-26(29)16(2)3)24(14-19)33-27(30)17(4)5/h6,9-14,21H,1-2,4,7-8,15H2,3,5H3. The molecular weight excluding hydrogens is 420 g/mol. The molecule has 0 radical (unpaired) electrons. The molecule has 0 amide bonds. The molecule has 1 atom stereocenters. The van der Waals surface area contributed by atoms with Crippen molar-refractivity contribution < 1.29 is 28.6 Å². The van der Waals surface area contributed by atoms with E-state index >= 15 is 0 Å². The average molecular weight is 446 g/mol. The quantitative estimate of drug-likeness (QED) is 0.320. The maximum atomic E-state index is 12.1. The molecule has 2 aromatic rings. The number of esters is 3. The fraction of sp³-hybridized carbons (Fsp3) is 0.222. The number of benzene rings is 2. The van der Waals surface area contributed by atoms with Crippen molar-refractivity contribution >= 4 is 17.9 Å². The number of hydrogen-bond donors (Lipinski definition) is 0. The highest BCUT2D eigenvalue weighted by Gasteiger charge is 2.24. The molecule has 1 aliphatic carbocycles. The predicted molar refractivity (Wildman–Crippen MR) is 125 cm³/mol. The molecule has 2 aromatic carbocycles. The van der Waals surface area contributed by atoms with Gasteiger partial charge in [-0.1, -0.05) is 44.0 Å². The minimum Gasteiger partial charge on any atom is -0.462 e. The van der Waals surface area contributed by atoms with Crippen molar-refractivity contribution in [3.63, 3.8) is 0 Å². The summed E-state index contributed by atoms with van der Waals surface area (Å²) in [5, 5.41) is 0. The minimum absolute atomic E-state index is 0.116. The van der Waals surface area contributed by atoms with Crippen LogP contribution in [0.5, 0.6) is 11.5 Å². The highest BCUT2D eigenvalue weighted by molar-refractivity contribution is 5.91. The van der Waals surface area contributed by atoms with E-state index in [9.17, 15) is 14.4 Å². The molecule has 170 valence electrons. The molecule has 0 heterocycles. The van der Waals surface area contributed by atoms with Gasteiger partial charge in [-0.3, -0.25) is 0 Å². The Morgan fingerprint density at radius 2 is 1.55 bits per heavy atom. The molecule has 0 aromatic heterocycles. The van der Waals surface area contributed by atoms with Crippen LogP contribution in [-0.4, -0.2) is 24.5 Å². The largest absolute Gasteiger partial charge is 0.462 e. The van der Waals surface area contributed by atoms with Gasteiger partial charge in [0, 0.05) is 23.1 Å². The van der Waals surface area contributed by atoms with E-state index in [1.807, 2.05) is 12.1 Å². The number of rotatable bonds is 8. The van der Waals surface area contributed by atoms with Crippen LogP contribution in [0.3, 0.4) is 0 Å². The number of ether oxygens (including phenoxy) is 3. The van der Waals surface area contributed by atoms with Crippen LogP contribution < -0.4 is 9.47 Å². The lowest BCUT2D eigenvalue weighted by Gasteiger charge is -2.14. The lowest BCUT2D eigenvalue weighted by Crippen LogP contribution is -2.12. The Morgan fingerprint density at radius 1 is 0.939 bits per heavy atom. The number of aryl methyl sites for hydroxylation is 1. The Kier molecular flexibility index (Phi) is 7.28. The van der Waals surface area contributed by atoms with Gasteiger partial charge >= 0.3 is 17.9 Å². The first-order chi connectivity index (χ1) is 15.7. The van der Waals surface area contributed by atoms with Gasteiger partial charge in [-0.15, -0.1) is 0 Å². The average Bonchev–Trinajstić information content (AvgIpc) is 3.20. The lowest BCUT2D eigenvalue weighted by atomic mass is 9.97. The maximum absolute atomic E-state index is 12.1. The minimum atomic E-state index is -0.620. The van der Waals surface area contributed by atoms with Crippen LogP contribution in [0, 0.1) is 0 Å². The van der Waals surface area contributed by atoms with Gasteiger partial charge in [-0.25, -0.2) is 14.4 Å². The second-order valence-corrected chi connectivity index (χ2v) is 7.98. The van der Waals surface area contributed by atoms with Crippen LogP contribution >= 0.6 is 0 Å². The molecule has 0 aliphatic heterocycles. The SMILES string of the molecule is C=CC(=O)OCC1CCc2cc(-c3ccc(OC(=O)C(=C)C)c(OC(=O)C(=C)C)c3)ccc21. The zero-order valence-electron chi connectivity index (χ0n) is 18.8. The second-order valence-electron chi connectivity index (χ2n) is 7.98. The smallest absolute Gasteiger partial charge is 0.338 e. The van der Waals surface area contributed by atoms with E-state index in [1.54, 1.807) is 18.2 Å². The number of carbonyl (C=O) groups is 3. The molecule has 0 saturated carbocycles. The number of fused-ring (bicyclic) bond motifs is 1. The van der Waals surface area contributed by atoms with E-state index in [0.717, 1.165) is 35.6 Å². The van der Waals surface area contributed by atoms with Crippen molar-refractivity contribution in [1.29, 1.82) is 0 Å². The summed E-state index contributed by atoms with van der Waals surface area (Å²) < 4.78 is 16.0. The summed E-state index contributed by atoms with van der Waals surface area (Å²) >= 11 is 0. The summed E-state index contributed by atoms with van der Waals surface area (Å²) in [5.41, 5.74) is 4.48. The molecule has 0 spiro atoms. The Morgan fingerprint density at radius 3 is 2.18 bits per heavy atom. The van der Waals surface area contributed by atoms with E-state index in [4.69, 9.17) is 14.2 Å². The van der Waals surface area contributed by atoms with Crippen molar-refractivity contribution in [2.24, 2.45) is 0 Å². The van der Waals surface area contributed by atoms with Crippen molar-refractivity contribution in [3.05, 3.63) is 84.5 Å². The van der Waals surface area contributed by atoms with Gasteiger partial charge < -0.3 is 14.2 Å². The van der Waals surface area contributed by atoms with Crippen LogP contribution in [0.1, 0.15) is 37.3 Å². The van der Waals surface area contributed by atoms with Crippen molar-refractivity contribution in [3.8, 4) is 22.6 Å². The van der Waals surface area contributed by atoms with Gasteiger partial charge in [0.25, 0.3) is 0 Å². The lowest BCUT2D eigenvalue weighted by molar-refractivity contribution is -0.138. The summed E-state index contributed by atoms with van der Waals surface area (Å²) in [5.74, 6) is -1.28. The van der Waals surface area contributed by atoms with Crippen LogP contribution in [-0.2, 0) is 25.5 Å². The van der Waals surface area contributed by atoms with E-state index in [1.165, 1.54) is 19.4 Å². The molecule has 33 heavy (non-hydrogen) atoms. The van der Waals surface area contributed by atoms with Crippen molar-refractivity contribution in [2.45, 2.75) is 32.6 Å². The Labute approximate surface area is 193 Å². The monoisotopic (exact) mass is 446 g/mol. The second kappa shape index (κ2) is 10.1. The van der Waals surface area contributed by atoms with Gasteiger partial charge in [0.05, 0.1) is 6.61 Å². The molecule has 0 bridgehead atoms. The van der Waals surface area contributed by atoms with Crippen LogP contribution in [0.4, 0.5) is 0 Å². The summed E-state index contributed by atoms with van der Waals surface area (Å²) in [6.07, 6.45) is 2.92. The first kappa shape index (κ1) is 23.7. The molecule has 0 N–H and O–H groups in total.